The molecule has 0 saturated heterocycles. The van der Waals surface area contributed by atoms with Crippen molar-refractivity contribution in [2.45, 2.75) is 17.7 Å². The van der Waals surface area contributed by atoms with Crippen LogP contribution in [0.3, 0.4) is 0 Å². The Kier molecular flexibility index (Phi) is 5.95. The maximum atomic E-state index is 13.4. The molecule has 0 bridgehead atoms. The summed E-state index contributed by atoms with van der Waals surface area (Å²) in [6, 6.07) is 13.1. The lowest BCUT2D eigenvalue weighted by molar-refractivity contribution is -0.118. The van der Waals surface area contributed by atoms with Gasteiger partial charge in [-0.15, -0.1) is 11.8 Å². The number of amides is 1. The van der Waals surface area contributed by atoms with Crippen molar-refractivity contribution in [2.75, 3.05) is 12.3 Å². The van der Waals surface area contributed by atoms with Crippen molar-refractivity contribution in [3.8, 4) is 0 Å². The summed E-state index contributed by atoms with van der Waals surface area (Å²) in [6.45, 7) is 2.53. The SMILES string of the molecule is C[C@H](CNC(=O)CSc1cc(F)ccc1F)c1ccccc1. The number of carbonyl (C=O) groups is 1. The predicted octanol–water partition coefficient (Wildman–Crippen LogP) is 3.98. The van der Waals surface area contributed by atoms with Crippen molar-refractivity contribution in [1.82, 2.24) is 5.32 Å². The second-order valence-corrected chi connectivity index (χ2v) is 6.00. The number of rotatable bonds is 6. The Morgan fingerprint density at radius 3 is 2.64 bits per heavy atom. The van der Waals surface area contributed by atoms with Crippen LogP contribution in [0.5, 0.6) is 0 Å². The molecule has 0 fully saturated rings. The lowest BCUT2D eigenvalue weighted by Gasteiger charge is -2.13. The zero-order valence-corrected chi connectivity index (χ0v) is 13.0. The monoisotopic (exact) mass is 321 g/mol. The van der Waals surface area contributed by atoms with E-state index in [4.69, 9.17) is 0 Å². The van der Waals surface area contributed by atoms with Crippen LogP contribution in [-0.2, 0) is 4.79 Å². The van der Waals surface area contributed by atoms with E-state index >= 15 is 0 Å². The summed E-state index contributed by atoms with van der Waals surface area (Å²) in [4.78, 5) is 11.9. The van der Waals surface area contributed by atoms with E-state index in [1.807, 2.05) is 37.3 Å². The van der Waals surface area contributed by atoms with Crippen LogP contribution in [0.4, 0.5) is 8.78 Å². The third-order valence-electron chi connectivity index (χ3n) is 3.23. The van der Waals surface area contributed by atoms with E-state index in [9.17, 15) is 13.6 Å². The summed E-state index contributed by atoms with van der Waals surface area (Å²) in [6.07, 6.45) is 0. The molecule has 0 saturated carbocycles. The first-order chi connectivity index (χ1) is 10.6. The van der Waals surface area contributed by atoms with Gasteiger partial charge < -0.3 is 5.32 Å². The molecule has 0 aromatic heterocycles. The molecule has 0 unspecified atom stereocenters. The zero-order chi connectivity index (χ0) is 15.9. The van der Waals surface area contributed by atoms with E-state index < -0.39 is 11.6 Å². The van der Waals surface area contributed by atoms with Crippen molar-refractivity contribution in [1.29, 1.82) is 0 Å². The molecular formula is C17H17F2NOS. The van der Waals surface area contributed by atoms with Crippen LogP contribution in [-0.4, -0.2) is 18.2 Å². The minimum atomic E-state index is -0.517. The van der Waals surface area contributed by atoms with Gasteiger partial charge in [0.2, 0.25) is 5.91 Å². The molecular weight excluding hydrogens is 304 g/mol. The molecule has 116 valence electrons. The molecule has 0 aliphatic rings. The van der Waals surface area contributed by atoms with Gasteiger partial charge in [0.05, 0.1) is 5.75 Å². The van der Waals surface area contributed by atoms with E-state index in [2.05, 4.69) is 5.32 Å². The average Bonchev–Trinajstić information content (AvgIpc) is 2.54. The number of nitrogens with one attached hydrogen (secondary N) is 1. The largest absolute Gasteiger partial charge is 0.355 e. The summed E-state index contributed by atoms with van der Waals surface area (Å²) in [5.74, 6) is -0.974. The third kappa shape index (κ3) is 4.84. The fourth-order valence-corrected chi connectivity index (χ4v) is 2.74. The highest BCUT2D eigenvalue weighted by molar-refractivity contribution is 8.00. The Hall–Kier alpha value is -1.88. The van der Waals surface area contributed by atoms with Crippen LogP contribution in [0.15, 0.2) is 53.4 Å². The van der Waals surface area contributed by atoms with Crippen LogP contribution in [0.2, 0.25) is 0 Å². The van der Waals surface area contributed by atoms with Gasteiger partial charge in [-0.2, -0.15) is 0 Å². The summed E-state index contributed by atoms with van der Waals surface area (Å²) >= 11 is 0.990. The average molecular weight is 321 g/mol. The standard InChI is InChI=1S/C17H17F2NOS/c1-12(13-5-3-2-4-6-13)10-20-17(21)11-22-16-9-14(18)7-8-15(16)19/h2-9,12H,10-11H2,1H3,(H,20,21)/t12-/m1/s1. The molecule has 0 heterocycles. The smallest absolute Gasteiger partial charge is 0.230 e. The molecule has 1 atom stereocenters. The molecule has 2 nitrogen and oxygen atoms in total. The van der Waals surface area contributed by atoms with E-state index in [1.54, 1.807) is 0 Å². The second-order valence-electron chi connectivity index (χ2n) is 4.98. The first kappa shape index (κ1) is 16.5. The number of carbonyl (C=O) groups excluding carboxylic acids is 1. The van der Waals surface area contributed by atoms with Crippen molar-refractivity contribution in [2.24, 2.45) is 0 Å². The normalized spacial score (nSPS) is 12.0. The summed E-state index contributed by atoms with van der Waals surface area (Å²) in [7, 11) is 0. The van der Waals surface area contributed by atoms with Crippen molar-refractivity contribution in [3.63, 3.8) is 0 Å². The number of benzene rings is 2. The Morgan fingerprint density at radius 2 is 1.91 bits per heavy atom. The van der Waals surface area contributed by atoms with Gasteiger partial charge in [-0.05, 0) is 29.7 Å². The van der Waals surface area contributed by atoms with E-state index in [-0.39, 0.29) is 22.5 Å². The highest BCUT2D eigenvalue weighted by Gasteiger charge is 2.10. The van der Waals surface area contributed by atoms with Crippen LogP contribution in [0.1, 0.15) is 18.4 Å². The summed E-state index contributed by atoms with van der Waals surface area (Å²) < 4.78 is 26.5. The predicted molar refractivity (Wildman–Crippen MR) is 84.9 cm³/mol. The molecule has 0 radical (unpaired) electrons. The maximum absolute atomic E-state index is 13.4. The van der Waals surface area contributed by atoms with Crippen LogP contribution < -0.4 is 5.32 Å². The Morgan fingerprint density at radius 1 is 1.18 bits per heavy atom. The fraction of sp³-hybridized carbons (Fsp3) is 0.235. The lowest BCUT2D eigenvalue weighted by Crippen LogP contribution is -2.29. The maximum Gasteiger partial charge on any atom is 0.230 e. The van der Waals surface area contributed by atoms with E-state index in [1.165, 1.54) is 0 Å². The summed E-state index contributed by atoms with van der Waals surface area (Å²) in [5.41, 5.74) is 1.15. The highest BCUT2D eigenvalue weighted by Crippen LogP contribution is 2.22. The topological polar surface area (TPSA) is 29.1 Å². The minimum absolute atomic E-state index is 0.0574. The molecule has 2 aromatic carbocycles. The molecule has 22 heavy (non-hydrogen) atoms. The van der Waals surface area contributed by atoms with E-state index in [0.717, 1.165) is 35.5 Å². The molecule has 1 N–H and O–H groups in total. The van der Waals surface area contributed by atoms with E-state index in [0.29, 0.717) is 6.54 Å². The molecule has 2 rings (SSSR count). The molecule has 2 aromatic rings. The third-order valence-corrected chi connectivity index (χ3v) is 4.26. The number of hydrogen-bond donors (Lipinski definition) is 1. The van der Waals surface area contributed by atoms with Crippen molar-refractivity contribution in [3.05, 3.63) is 65.7 Å². The molecule has 1 amide bonds. The van der Waals surface area contributed by atoms with Gasteiger partial charge >= 0.3 is 0 Å². The number of thioether (sulfide) groups is 1. The van der Waals surface area contributed by atoms with Gasteiger partial charge in [-0.25, -0.2) is 8.78 Å². The first-order valence-electron chi connectivity index (χ1n) is 6.95. The zero-order valence-electron chi connectivity index (χ0n) is 12.2. The second kappa shape index (κ2) is 7.94. The molecule has 0 aliphatic heterocycles. The van der Waals surface area contributed by atoms with Crippen LogP contribution >= 0.6 is 11.8 Å². The highest BCUT2D eigenvalue weighted by atomic mass is 32.2. The van der Waals surface area contributed by atoms with Gasteiger partial charge in [0.15, 0.2) is 0 Å². The minimum Gasteiger partial charge on any atom is -0.355 e. The molecule has 5 heteroatoms. The lowest BCUT2D eigenvalue weighted by atomic mass is 10.0. The van der Waals surface area contributed by atoms with Crippen molar-refractivity contribution >= 4 is 17.7 Å². The number of halogens is 2. The van der Waals surface area contributed by atoms with Crippen LogP contribution in [0, 0.1) is 11.6 Å². The van der Waals surface area contributed by atoms with Gasteiger partial charge in [0.1, 0.15) is 11.6 Å². The first-order valence-corrected chi connectivity index (χ1v) is 7.94. The Labute approximate surface area is 132 Å². The Balaban J connectivity index is 1.80. The molecule has 0 spiro atoms. The quantitative estimate of drug-likeness (QED) is 0.816. The van der Waals surface area contributed by atoms with Gasteiger partial charge in [-0.1, -0.05) is 37.3 Å². The van der Waals surface area contributed by atoms with Crippen molar-refractivity contribution < 1.29 is 13.6 Å². The number of hydrogen-bond acceptors (Lipinski definition) is 2. The summed E-state index contributed by atoms with van der Waals surface area (Å²) in [5, 5.41) is 2.81. The van der Waals surface area contributed by atoms with Gasteiger partial charge in [0.25, 0.3) is 0 Å². The van der Waals surface area contributed by atoms with Gasteiger partial charge in [-0.3, -0.25) is 4.79 Å². The fourth-order valence-electron chi connectivity index (χ4n) is 1.95. The van der Waals surface area contributed by atoms with Crippen LogP contribution in [0.25, 0.3) is 0 Å². The van der Waals surface area contributed by atoms with Gasteiger partial charge in [0, 0.05) is 11.4 Å². The Bertz CT molecular complexity index is 634. The molecule has 0 aliphatic carbocycles.